The number of pyridine rings is 1. The van der Waals surface area contributed by atoms with E-state index in [4.69, 9.17) is 14.2 Å². The van der Waals surface area contributed by atoms with Gasteiger partial charge in [0, 0.05) is 6.92 Å². The van der Waals surface area contributed by atoms with E-state index in [0.717, 1.165) is 16.1 Å². The zero-order valence-corrected chi connectivity index (χ0v) is 19.5. The van der Waals surface area contributed by atoms with Gasteiger partial charge in [-0.1, -0.05) is 12.1 Å². The Kier molecular flexibility index (Phi) is 6.64. The number of hydrazine groups is 1. The molecule has 11 heteroatoms. The molecule has 0 aliphatic carbocycles. The molecular weight excluding hydrogens is 460 g/mol. The van der Waals surface area contributed by atoms with Crippen LogP contribution in [0.3, 0.4) is 0 Å². The molecule has 2 aromatic heterocycles. The Morgan fingerprint density at radius 1 is 1.18 bits per heavy atom. The lowest BCUT2D eigenvalue weighted by Crippen LogP contribution is -2.42. The number of amides is 1. The van der Waals surface area contributed by atoms with Crippen molar-refractivity contribution in [2.24, 2.45) is 0 Å². The molecule has 0 spiro atoms. The molecule has 0 unspecified atom stereocenters. The van der Waals surface area contributed by atoms with Gasteiger partial charge in [0.25, 0.3) is 5.91 Å². The van der Waals surface area contributed by atoms with Gasteiger partial charge in [0.05, 0.1) is 30.8 Å². The van der Waals surface area contributed by atoms with Crippen molar-refractivity contribution >= 4 is 28.8 Å². The number of rotatable bonds is 8. The van der Waals surface area contributed by atoms with Gasteiger partial charge in [-0.15, -0.1) is 11.3 Å². The number of nitrogens with zero attached hydrogens (tertiary/aromatic N) is 3. The fraction of sp³-hybridized carbons (Fsp3) is 0.217. The molecule has 0 radical (unpaired) electrons. The summed E-state index contributed by atoms with van der Waals surface area (Å²) < 4.78 is 16.3. The highest BCUT2D eigenvalue weighted by atomic mass is 32.1. The minimum absolute atomic E-state index is 0.0720. The molecule has 4 rings (SSSR count). The van der Waals surface area contributed by atoms with Gasteiger partial charge in [-0.2, -0.15) is 0 Å². The Hall–Kier alpha value is -4.12. The van der Waals surface area contributed by atoms with Gasteiger partial charge in [-0.3, -0.25) is 10.2 Å². The molecule has 1 aromatic carbocycles. The molecule has 0 bridgehead atoms. The summed E-state index contributed by atoms with van der Waals surface area (Å²) in [7, 11) is 3.09. The zero-order valence-electron chi connectivity index (χ0n) is 18.7. The standard InChI is InChI=1S/C23H22N4O6S/c1-14-6-8-19(23(24-14)27(29)30)33-13-22(28)26-17(12-16(25-26)21-5-4-10-34-21)15-7-9-18(31-2)20(11-15)32-3/h4-12,17,25H,13H2,1-3H3/t17-/m1/s1. The monoisotopic (exact) mass is 482 g/mol. The smallest absolute Gasteiger partial charge is 0.406 e. The van der Waals surface area contributed by atoms with Crippen molar-refractivity contribution in [1.29, 1.82) is 0 Å². The predicted molar refractivity (Wildman–Crippen MR) is 126 cm³/mol. The lowest BCUT2D eigenvalue weighted by Gasteiger charge is -2.26. The van der Waals surface area contributed by atoms with E-state index in [0.29, 0.717) is 17.2 Å². The van der Waals surface area contributed by atoms with E-state index in [9.17, 15) is 14.9 Å². The summed E-state index contributed by atoms with van der Waals surface area (Å²) in [6.45, 7) is 1.22. The number of nitro groups is 1. The van der Waals surface area contributed by atoms with Crippen molar-refractivity contribution in [2.45, 2.75) is 13.0 Å². The van der Waals surface area contributed by atoms with Gasteiger partial charge >= 0.3 is 5.82 Å². The van der Waals surface area contributed by atoms with Crippen LogP contribution < -0.4 is 19.6 Å². The highest BCUT2D eigenvalue weighted by molar-refractivity contribution is 7.11. The number of benzene rings is 1. The highest BCUT2D eigenvalue weighted by Crippen LogP contribution is 2.37. The third kappa shape index (κ3) is 4.64. The molecule has 1 aliphatic heterocycles. The number of thiophene rings is 1. The van der Waals surface area contributed by atoms with Crippen LogP contribution in [0.2, 0.25) is 0 Å². The van der Waals surface area contributed by atoms with E-state index in [-0.39, 0.29) is 5.75 Å². The molecule has 1 aliphatic rings. The Morgan fingerprint density at radius 3 is 2.62 bits per heavy atom. The van der Waals surface area contributed by atoms with Crippen molar-refractivity contribution in [1.82, 2.24) is 15.4 Å². The summed E-state index contributed by atoms with van der Waals surface area (Å²) >= 11 is 1.53. The summed E-state index contributed by atoms with van der Waals surface area (Å²) in [6.07, 6.45) is 1.93. The highest BCUT2D eigenvalue weighted by Gasteiger charge is 2.32. The zero-order chi connectivity index (χ0) is 24.2. The second-order valence-electron chi connectivity index (χ2n) is 7.31. The molecule has 0 saturated carbocycles. The molecular formula is C23H22N4O6S. The molecule has 3 heterocycles. The Labute approximate surface area is 199 Å². The van der Waals surface area contributed by atoms with Crippen LogP contribution in [0.1, 0.15) is 22.2 Å². The first kappa shape index (κ1) is 23.1. The van der Waals surface area contributed by atoms with E-state index in [2.05, 4.69) is 10.4 Å². The van der Waals surface area contributed by atoms with Crippen LogP contribution in [0, 0.1) is 17.0 Å². The number of hydrogen-bond donors (Lipinski definition) is 1. The van der Waals surface area contributed by atoms with E-state index in [1.807, 2.05) is 29.7 Å². The van der Waals surface area contributed by atoms with Crippen LogP contribution in [0.25, 0.3) is 5.70 Å². The van der Waals surface area contributed by atoms with Crippen molar-refractivity contribution < 1.29 is 23.9 Å². The number of aryl methyl sites for hydroxylation is 1. The number of carbonyl (C=O) groups is 1. The summed E-state index contributed by atoms with van der Waals surface area (Å²) in [5, 5.41) is 14.7. The van der Waals surface area contributed by atoms with Crippen LogP contribution in [-0.4, -0.2) is 41.6 Å². The topological polar surface area (TPSA) is 116 Å². The molecule has 3 aromatic rings. The van der Waals surface area contributed by atoms with Crippen LogP contribution in [0.4, 0.5) is 5.82 Å². The first-order valence-electron chi connectivity index (χ1n) is 10.2. The van der Waals surface area contributed by atoms with Gasteiger partial charge in [0.15, 0.2) is 18.1 Å². The molecule has 1 atom stereocenters. The summed E-state index contributed by atoms with van der Waals surface area (Å²) in [4.78, 5) is 28.7. The lowest BCUT2D eigenvalue weighted by atomic mass is 10.0. The third-order valence-electron chi connectivity index (χ3n) is 5.15. The minimum atomic E-state index is -0.635. The number of hydrogen-bond acceptors (Lipinski definition) is 9. The normalized spacial score (nSPS) is 14.9. The van der Waals surface area contributed by atoms with Gasteiger partial charge in [0.2, 0.25) is 5.75 Å². The Morgan fingerprint density at radius 2 is 1.94 bits per heavy atom. The van der Waals surface area contributed by atoms with Gasteiger partial charge < -0.3 is 24.3 Å². The SMILES string of the molecule is COc1ccc([C@H]2C=C(c3cccs3)NN2C(=O)COc2ccc(C)nc2[N+](=O)[O-])cc1OC. The Bertz CT molecular complexity index is 1240. The average molecular weight is 483 g/mol. The molecule has 176 valence electrons. The quantitative estimate of drug-likeness (QED) is 0.380. The minimum Gasteiger partial charge on any atom is -0.493 e. The van der Waals surface area contributed by atoms with Crippen LogP contribution >= 0.6 is 11.3 Å². The van der Waals surface area contributed by atoms with Crippen molar-refractivity contribution in [3.63, 3.8) is 0 Å². The Balaban J connectivity index is 1.60. The lowest BCUT2D eigenvalue weighted by molar-refractivity contribution is -0.390. The van der Waals surface area contributed by atoms with Gasteiger partial charge in [-0.05, 0) is 57.3 Å². The molecule has 10 nitrogen and oxygen atoms in total. The van der Waals surface area contributed by atoms with E-state index in [1.165, 1.54) is 22.4 Å². The second kappa shape index (κ2) is 9.79. The summed E-state index contributed by atoms with van der Waals surface area (Å²) in [5.41, 5.74) is 5.18. The molecule has 0 saturated heterocycles. The van der Waals surface area contributed by atoms with Gasteiger partial charge in [-0.25, -0.2) is 5.01 Å². The van der Waals surface area contributed by atoms with E-state index < -0.39 is 29.3 Å². The summed E-state index contributed by atoms with van der Waals surface area (Å²) in [6, 6.07) is 11.8. The largest absolute Gasteiger partial charge is 0.493 e. The maximum Gasteiger partial charge on any atom is 0.406 e. The fourth-order valence-electron chi connectivity index (χ4n) is 3.52. The van der Waals surface area contributed by atoms with Crippen molar-refractivity contribution in [2.75, 3.05) is 20.8 Å². The van der Waals surface area contributed by atoms with Gasteiger partial charge in [0.1, 0.15) is 5.69 Å². The maximum atomic E-state index is 13.2. The van der Waals surface area contributed by atoms with Crippen molar-refractivity contribution in [3.05, 3.63) is 80.2 Å². The molecule has 0 fully saturated rings. The fourth-order valence-corrected chi connectivity index (χ4v) is 4.22. The van der Waals surface area contributed by atoms with Crippen LogP contribution in [0.15, 0.2) is 53.9 Å². The van der Waals surface area contributed by atoms with Crippen LogP contribution in [-0.2, 0) is 4.79 Å². The summed E-state index contributed by atoms with van der Waals surface area (Å²) in [5.74, 6) is 0.175. The molecule has 1 amide bonds. The maximum absolute atomic E-state index is 13.2. The predicted octanol–water partition coefficient (Wildman–Crippen LogP) is 3.88. The first-order valence-corrected chi connectivity index (χ1v) is 11.1. The number of nitrogens with one attached hydrogen (secondary N) is 1. The number of carbonyl (C=O) groups excluding carboxylic acids is 1. The average Bonchev–Trinajstić information content (AvgIpc) is 3.52. The molecule has 1 N–H and O–H groups in total. The van der Waals surface area contributed by atoms with Crippen molar-refractivity contribution in [3.8, 4) is 17.2 Å². The number of ether oxygens (including phenoxy) is 3. The second-order valence-corrected chi connectivity index (χ2v) is 8.26. The first-order chi connectivity index (χ1) is 16.4. The molecule has 34 heavy (non-hydrogen) atoms. The number of aromatic nitrogens is 1. The van der Waals surface area contributed by atoms with Crippen LogP contribution in [0.5, 0.6) is 17.2 Å². The number of methoxy groups -OCH3 is 2. The third-order valence-corrected chi connectivity index (χ3v) is 6.05. The van der Waals surface area contributed by atoms with E-state index in [1.54, 1.807) is 39.3 Å². The van der Waals surface area contributed by atoms with E-state index >= 15 is 0 Å².